The Labute approximate surface area is 105 Å². The summed E-state index contributed by atoms with van der Waals surface area (Å²) < 4.78 is 40.1. The van der Waals surface area contributed by atoms with Crippen LogP contribution in [0.1, 0.15) is 21.7 Å². The number of halogens is 4. The Balaban J connectivity index is 2.35. The lowest BCUT2D eigenvalue weighted by molar-refractivity contribution is -0.173. The summed E-state index contributed by atoms with van der Waals surface area (Å²) in [7, 11) is 0. The molecule has 7 heteroatoms. The molecule has 1 rings (SSSR count). The van der Waals surface area contributed by atoms with Gasteiger partial charge in [0.15, 0.2) is 5.78 Å². The zero-order valence-corrected chi connectivity index (χ0v) is 10.5. The third kappa shape index (κ3) is 5.06. The van der Waals surface area contributed by atoms with Crippen molar-refractivity contribution in [2.45, 2.75) is 19.5 Å². The maximum absolute atomic E-state index is 11.7. The van der Waals surface area contributed by atoms with Crippen LogP contribution in [0.15, 0.2) is 6.07 Å². The van der Waals surface area contributed by atoms with E-state index in [1.807, 2.05) is 0 Å². The molecule has 0 atom stereocenters. The zero-order chi connectivity index (χ0) is 13.1. The van der Waals surface area contributed by atoms with Gasteiger partial charge < -0.3 is 4.74 Å². The van der Waals surface area contributed by atoms with Gasteiger partial charge in [0.05, 0.1) is 15.8 Å². The van der Waals surface area contributed by atoms with Crippen molar-refractivity contribution in [3.63, 3.8) is 0 Å². The summed E-state index contributed by atoms with van der Waals surface area (Å²) in [6.45, 7) is 0.188. The van der Waals surface area contributed by atoms with Crippen LogP contribution in [-0.2, 0) is 4.74 Å². The molecule has 2 nitrogen and oxygen atoms in total. The minimum Gasteiger partial charge on any atom is -0.372 e. The monoisotopic (exact) mass is 286 g/mol. The van der Waals surface area contributed by atoms with Gasteiger partial charge in [-0.05, 0) is 18.6 Å². The second-order valence-corrected chi connectivity index (χ2v) is 5.06. The Morgan fingerprint density at radius 3 is 2.65 bits per heavy atom. The summed E-state index contributed by atoms with van der Waals surface area (Å²) in [5.74, 6) is -0.257. The summed E-state index contributed by atoms with van der Waals surface area (Å²) in [5, 5.41) is 0. The molecule has 0 aliphatic heterocycles. The molecule has 0 radical (unpaired) electrons. The van der Waals surface area contributed by atoms with Crippen molar-refractivity contribution < 1.29 is 22.7 Å². The van der Waals surface area contributed by atoms with Crippen LogP contribution < -0.4 is 0 Å². The van der Waals surface area contributed by atoms with Gasteiger partial charge in [0.2, 0.25) is 0 Å². The first-order chi connectivity index (χ1) is 7.79. The summed E-state index contributed by atoms with van der Waals surface area (Å²) in [6.07, 6.45) is -4.43. The normalized spacial score (nSPS) is 11.8. The van der Waals surface area contributed by atoms with Crippen molar-refractivity contribution in [2.24, 2.45) is 0 Å². The van der Waals surface area contributed by atoms with Gasteiger partial charge in [-0.25, -0.2) is 0 Å². The zero-order valence-electron chi connectivity index (χ0n) is 8.94. The first-order valence-electron chi connectivity index (χ1n) is 4.73. The third-order valence-electron chi connectivity index (χ3n) is 1.87. The van der Waals surface area contributed by atoms with Crippen molar-refractivity contribution in [1.82, 2.24) is 0 Å². The van der Waals surface area contributed by atoms with E-state index >= 15 is 0 Å². The van der Waals surface area contributed by atoms with Gasteiger partial charge in [-0.15, -0.1) is 11.3 Å². The van der Waals surface area contributed by atoms with E-state index in [2.05, 4.69) is 4.74 Å². The SMILES string of the molecule is Cc1cc(C(=O)CCOCC(F)(F)F)sc1Cl. The second kappa shape index (κ2) is 5.84. The van der Waals surface area contributed by atoms with Crippen LogP contribution in [-0.4, -0.2) is 25.2 Å². The van der Waals surface area contributed by atoms with E-state index in [4.69, 9.17) is 11.6 Å². The molecule has 0 spiro atoms. The summed E-state index contributed by atoms with van der Waals surface area (Å²) in [5.41, 5.74) is 0.788. The smallest absolute Gasteiger partial charge is 0.372 e. The van der Waals surface area contributed by atoms with E-state index in [-0.39, 0.29) is 18.8 Å². The van der Waals surface area contributed by atoms with Gasteiger partial charge in [0.1, 0.15) is 6.61 Å². The molecule has 0 bridgehead atoms. The van der Waals surface area contributed by atoms with Crippen LogP contribution in [0.3, 0.4) is 0 Å². The van der Waals surface area contributed by atoms with Crippen LogP contribution in [0.4, 0.5) is 13.2 Å². The number of hydrogen-bond donors (Lipinski definition) is 0. The van der Waals surface area contributed by atoms with Crippen molar-refractivity contribution in [1.29, 1.82) is 0 Å². The molecule has 1 aromatic rings. The van der Waals surface area contributed by atoms with E-state index in [1.54, 1.807) is 13.0 Å². The summed E-state index contributed by atoms with van der Waals surface area (Å²) in [6, 6.07) is 1.62. The lowest BCUT2D eigenvalue weighted by Gasteiger charge is -2.06. The highest BCUT2D eigenvalue weighted by molar-refractivity contribution is 7.18. The first-order valence-corrected chi connectivity index (χ1v) is 5.92. The number of alkyl halides is 3. The Morgan fingerprint density at radius 1 is 1.53 bits per heavy atom. The Bertz CT molecular complexity index is 381. The number of aryl methyl sites for hydroxylation is 1. The lowest BCUT2D eigenvalue weighted by atomic mass is 10.2. The fourth-order valence-corrected chi connectivity index (χ4v) is 2.24. The average molecular weight is 287 g/mol. The predicted octanol–water partition coefficient (Wildman–Crippen LogP) is 3.86. The Hall–Kier alpha value is -0.590. The topological polar surface area (TPSA) is 26.3 Å². The molecule has 1 aromatic heterocycles. The van der Waals surface area contributed by atoms with E-state index in [1.165, 1.54) is 0 Å². The molecular formula is C10H10ClF3O2S. The molecule has 1 heterocycles. The third-order valence-corrected chi connectivity index (χ3v) is 3.47. The van der Waals surface area contributed by atoms with Gasteiger partial charge >= 0.3 is 6.18 Å². The molecule has 0 fully saturated rings. The molecule has 0 amide bonds. The quantitative estimate of drug-likeness (QED) is 0.607. The van der Waals surface area contributed by atoms with Crippen LogP contribution in [0.25, 0.3) is 0 Å². The van der Waals surface area contributed by atoms with E-state index in [0.29, 0.717) is 9.21 Å². The number of rotatable bonds is 5. The van der Waals surface area contributed by atoms with E-state index in [0.717, 1.165) is 16.9 Å². The van der Waals surface area contributed by atoms with Gasteiger partial charge in [-0.1, -0.05) is 11.6 Å². The highest BCUT2D eigenvalue weighted by Crippen LogP contribution is 2.27. The fourth-order valence-electron chi connectivity index (χ4n) is 1.07. The number of ketones is 1. The molecule has 96 valence electrons. The predicted molar refractivity (Wildman–Crippen MR) is 59.9 cm³/mol. The fraction of sp³-hybridized carbons (Fsp3) is 0.500. The molecule has 0 saturated heterocycles. The molecule has 0 N–H and O–H groups in total. The first kappa shape index (κ1) is 14.5. The summed E-state index contributed by atoms with van der Waals surface area (Å²) >= 11 is 6.91. The highest BCUT2D eigenvalue weighted by atomic mass is 35.5. The van der Waals surface area contributed by atoms with Gasteiger partial charge in [0, 0.05) is 6.42 Å². The Morgan fingerprint density at radius 2 is 2.18 bits per heavy atom. The van der Waals surface area contributed by atoms with Crippen LogP contribution in [0.2, 0.25) is 4.34 Å². The molecular weight excluding hydrogens is 277 g/mol. The van der Waals surface area contributed by atoms with Crippen molar-refractivity contribution in [3.05, 3.63) is 20.8 Å². The van der Waals surface area contributed by atoms with Crippen molar-refractivity contribution >= 4 is 28.7 Å². The van der Waals surface area contributed by atoms with E-state index < -0.39 is 12.8 Å². The lowest BCUT2D eigenvalue weighted by Crippen LogP contribution is -2.18. The largest absolute Gasteiger partial charge is 0.411 e. The maximum Gasteiger partial charge on any atom is 0.411 e. The van der Waals surface area contributed by atoms with Crippen molar-refractivity contribution in [3.8, 4) is 0 Å². The maximum atomic E-state index is 11.7. The highest BCUT2D eigenvalue weighted by Gasteiger charge is 2.27. The molecule has 0 aliphatic carbocycles. The van der Waals surface area contributed by atoms with Gasteiger partial charge in [0.25, 0.3) is 0 Å². The average Bonchev–Trinajstić information content (AvgIpc) is 2.52. The summed E-state index contributed by atoms with van der Waals surface area (Å²) in [4.78, 5) is 12.0. The van der Waals surface area contributed by atoms with Gasteiger partial charge in [-0.2, -0.15) is 13.2 Å². The number of carbonyl (C=O) groups excluding carboxylic acids is 1. The molecule has 0 saturated carbocycles. The molecule has 17 heavy (non-hydrogen) atoms. The molecule has 0 unspecified atom stereocenters. The minimum atomic E-state index is -4.36. The molecule has 0 aliphatic rings. The molecule has 0 aromatic carbocycles. The minimum absolute atomic E-state index is 0.0770. The number of thiophene rings is 1. The number of carbonyl (C=O) groups is 1. The second-order valence-electron chi connectivity index (χ2n) is 3.41. The Kier molecular flexibility index (Phi) is 4.97. The van der Waals surface area contributed by atoms with E-state index in [9.17, 15) is 18.0 Å². The van der Waals surface area contributed by atoms with Crippen LogP contribution in [0, 0.1) is 6.92 Å². The van der Waals surface area contributed by atoms with Crippen molar-refractivity contribution in [2.75, 3.05) is 13.2 Å². The number of hydrogen-bond acceptors (Lipinski definition) is 3. The van der Waals surface area contributed by atoms with Crippen LogP contribution >= 0.6 is 22.9 Å². The number of ether oxygens (including phenoxy) is 1. The standard InChI is InChI=1S/C10H10ClF3O2S/c1-6-4-8(17-9(6)11)7(15)2-3-16-5-10(12,13)14/h4H,2-3,5H2,1H3. The number of Topliss-reactive ketones (excluding diaryl/α,β-unsaturated/α-hetero) is 1. The van der Waals surface area contributed by atoms with Gasteiger partial charge in [-0.3, -0.25) is 4.79 Å². The van der Waals surface area contributed by atoms with Crippen LogP contribution in [0.5, 0.6) is 0 Å².